The Morgan fingerprint density at radius 3 is 2.70 bits per heavy atom. The second kappa shape index (κ2) is 4.54. The number of aliphatic hydroxyl groups is 1. The van der Waals surface area contributed by atoms with Crippen LogP contribution in [0.2, 0.25) is 0 Å². The van der Waals surface area contributed by atoms with Gasteiger partial charge in [0.05, 0.1) is 24.1 Å². The van der Waals surface area contributed by atoms with Crippen LogP contribution in [-0.2, 0) is 14.9 Å². The second-order valence-electron chi connectivity index (χ2n) is 6.23. The first kappa shape index (κ1) is 13.3. The Hall–Kier alpha value is -0.420. The van der Waals surface area contributed by atoms with E-state index in [2.05, 4.69) is 28.1 Å². The number of benzene rings is 1. The highest BCUT2D eigenvalue weighted by molar-refractivity contribution is 9.09. The molecule has 108 valence electrons. The van der Waals surface area contributed by atoms with Crippen molar-refractivity contribution in [2.75, 3.05) is 13.2 Å². The number of ether oxygens (including phenoxy) is 2. The van der Waals surface area contributed by atoms with E-state index in [1.165, 1.54) is 5.56 Å². The second-order valence-corrected chi connectivity index (χ2v) is 7.21. The predicted octanol–water partition coefficient (Wildman–Crippen LogP) is 3.05. The molecular weight excluding hydrogens is 320 g/mol. The van der Waals surface area contributed by atoms with Gasteiger partial charge in [0.1, 0.15) is 0 Å². The summed E-state index contributed by atoms with van der Waals surface area (Å²) in [5.74, 6) is -0.429. The van der Waals surface area contributed by atoms with Gasteiger partial charge in [-0.05, 0) is 24.0 Å². The molecule has 1 aromatic rings. The van der Waals surface area contributed by atoms with Gasteiger partial charge in [-0.15, -0.1) is 0 Å². The van der Waals surface area contributed by atoms with Crippen molar-refractivity contribution in [1.29, 1.82) is 0 Å². The number of aliphatic hydroxyl groups excluding tert-OH is 1. The summed E-state index contributed by atoms with van der Waals surface area (Å²) in [5.41, 5.74) is 2.26. The Bertz CT molecular complexity index is 526. The van der Waals surface area contributed by atoms with Gasteiger partial charge >= 0.3 is 0 Å². The molecule has 1 N–H and O–H groups in total. The third kappa shape index (κ3) is 1.68. The Kier molecular flexibility index (Phi) is 3.01. The van der Waals surface area contributed by atoms with E-state index in [0.717, 1.165) is 31.2 Å². The van der Waals surface area contributed by atoms with E-state index in [-0.39, 0.29) is 10.2 Å². The minimum absolute atomic E-state index is 0.0392. The molecule has 2 aliphatic carbocycles. The molecule has 1 saturated heterocycles. The lowest BCUT2D eigenvalue weighted by atomic mass is 9.68. The Balaban J connectivity index is 1.79. The van der Waals surface area contributed by atoms with Crippen molar-refractivity contribution in [2.45, 2.75) is 47.8 Å². The number of hydrogen-bond donors (Lipinski definition) is 1. The highest BCUT2D eigenvalue weighted by Gasteiger charge is 2.57. The van der Waals surface area contributed by atoms with Crippen LogP contribution in [0.15, 0.2) is 24.3 Å². The number of rotatable bonds is 0. The van der Waals surface area contributed by atoms with Gasteiger partial charge in [0.25, 0.3) is 0 Å². The molecule has 3 aliphatic rings. The normalized spacial score (nSPS) is 38.5. The molecule has 0 aromatic heterocycles. The number of alkyl halides is 1. The summed E-state index contributed by atoms with van der Waals surface area (Å²) in [6.07, 6.45) is 3.51. The molecule has 1 heterocycles. The van der Waals surface area contributed by atoms with E-state index in [9.17, 15) is 5.11 Å². The number of fused-ring (bicyclic) bond motifs is 2. The van der Waals surface area contributed by atoms with E-state index < -0.39 is 11.9 Å². The van der Waals surface area contributed by atoms with Crippen molar-refractivity contribution in [2.24, 2.45) is 0 Å². The fourth-order valence-corrected chi connectivity index (χ4v) is 5.28. The van der Waals surface area contributed by atoms with Crippen molar-refractivity contribution >= 4 is 15.9 Å². The van der Waals surface area contributed by atoms with Crippen LogP contribution in [-0.4, -0.2) is 28.9 Å². The fraction of sp³-hybridized carbons (Fsp3) is 0.625. The molecule has 0 radical (unpaired) electrons. The zero-order valence-corrected chi connectivity index (χ0v) is 12.9. The molecule has 0 bridgehead atoms. The first-order valence-corrected chi connectivity index (χ1v) is 8.28. The molecule has 1 saturated carbocycles. The quantitative estimate of drug-likeness (QED) is 0.739. The van der Waals surface area contributed by atoms with Gasteiger partial charge in [-0.2, -0.15) is 0 Å². The van der Waals surface area contributed by atoms with Crippen LogP contribution in [0, 0.1) is 0 Å². The van der Waals surface area contributed by atoms with E-state index >= 15 is 0 Å². The van der Waals surface area contributed by atoms with Gasteiger partial charge < -0.3 is 14.6 Å². The molecule has 4 heteroatoms. The van der Waals surface area contributed by atoms with Crippen molar-refractivity contribution in [3.05, 3.63) is 35.4 Å². The smallest absolute Gasteiger partial charge is 0.169 e. The van der Waals surface area contributed by atoms with Crippen molar-refractivity contribution < 1.29 is 14.6 Å². The lowest BCUT2D eigenvalue weighted by molar-refractivity contribution is -0.191. The van der Waals surface area contributed by atoms with Gasteiger partial charge in [0.2, 0.25) is 0 Å². The summed E-state index contributed by atoms with van der Waals surface area (Å²) in [5, 5.41) is 10.6. The topological polar surface area (TPSA) is 38.7 Å². The summed E-state index contributed by atoms with van der Waals surface area (Å²) in [6, 6.07) is 8.27. The molecule has 3 nitrogen and oxygen atoms in total. The standard InChI is InChI=1S/C16H19BrO3/c17-14-13(18)11-4-1-2-5-12(11)15(14)6-3-7-16(10-15)19-8-9-20-16/h1-2,4-5,13-14,18H,3,6-10H2. The Morgan fingerprint density at radius 2 is 1.90 bits per heavy atom. The van der Waals surface area contributed by atoms with Gasteiger partial charge in [0.15, 0.2) is 5.79 Å². The maximum absolute atomic E-state index is 10.6. The third-order valence-electron chi connectivity index (χ3n) is 5.20. The minimum atomic E-state index is -0.442. The Labute approximate surface area is 127 Å². The fourth-order valence-electron chi connectivity index (χ4n) is 4.36. The van der Waals surface area contributed by atoms with E-state index in [0.29, 0.717) is 13.2 Å². The maximum Gasteiger partial charge on any atom is 0.169 e. The average molecular weight is 339 g/mol. The molecule has 4 rings (SSSR count). The van der Waals surface area contributed by atoms with Crippen LogP contribution >= 0.6 is 15.9 Å². The first-order chi connectivity index (χ1) is 9.67. The summed E-state index contributed by atoms with van der Waals surface area (Å²) in [4.78, 5) is 0.0392. The van der Waals surface area contributed by atoms with Crippen LogP contribution in [0.3, 0.4) is 0 Å². The molecule has 3 atom stereocenters. The highest BCUT2D eigenvalue weighted by atomic mass is 79.9. The van der Waals surface area contributed by atoms with Gasteiger partial charge in [-0.1, -0.05) is 40.2 Å². The van der Waals surface area contributed by atoms with Gasteiger partial charge in [-0.25, -0.2) is 0 Å². The Morgan fingerprint density at radius 1 is 1.15 bits per heavy atom. The highest BCUT2D eigenvalue weighted by Crippen LogP contribution is 2.58. The monoisotopic (exact) mass is 338 g/mol. The maximum atomic E-state index is 10.6. The van der Waals surface area contributed by atoms with Crippen LogP contribution in [0.1, 0.15) is 42.9 Å². The van der Waals surface area contributed by atoms with Crippen molar-refractivity contribution in [3.63, 3.8) is 0 Å². The van der Waals surface area contributed by atoms with Gasteiger partial charge in [0, 0.05) is 18.3 Å². The lowest BCUT2D eigenvalue weighted by Crippen LogP contribution is -2.47. The largest absolute Gasteiger partial charge is 0.387 e. The molecule has 0 amide bonds. The van der Waals surface area contributed by atoms with E-state index in [4.69, 9.17) is 9.47 Å². The summed E-state index contributed by atoms with van der Waals surface area (Å²) in [6.45, 7) is 1.38. The van der Waals surface area contributed by atoms with Crippen LogP contribution in [0.25, 0.3) is 0 Å². The summed E-state index contributed by atoms with van der Waals surface area (Å²) in [7, 11) is 0. The van der Waals surface area contributed by atoms with Crippen LogP contribution in [0.5, 0.6) is 0 Å². The number of halogens is 1. The number of hydrogen-bond acceptors (Lipinski definition) is 3. The van der Waals surface area contributed by atoms with E-state index in [1.54, 1.807) is 0 Å². The average Bonchev–Trinajstić information content (AvgIpc) is 2.99. The molecular formula is C16H19BrO3. The van der Waals surface area contributed by atoms with Crippen LogP contribution in [0.4, 0.5) is 0 Å². The molecule has 20 heavy (non-hydrogen) atoms. The lowest BCUT2D eigenvalue weighted by Gasteiger charge is -2.45. The zero-order valence-electron chi connectivity index (χ0n) is 11.3. The first-order valence-electron chi connectivity index (χ1n) is 7.36. The molecule has 2 spiro atoms. The molecule has 2 fully saturated rings. The summed E-state index contributed by atoms with van der Waals surface area (Å²) >= 11 is 3.77. The molecule has 1 aliphatic heterocycles. The van der Waals surface area contributed by atoms with Crippen molar-refractivity contribution in [1.82, 2.24) is 0 Å². The third-order valence-corrected chi connectivity index (χ3v) is 6.58. The molecule has 1 aromatic carbocycles. The molecule has 3 unspecified atom stereocenters. The van der Waals surface area contributed by atoms with Gasteiger partial charge in [-0.3, -0.25) is 0 Å². The minimum Gasteiger partial charge on any atom is -0.387 e. The zero-order chi connectivity index (χ0) is 13.8. The predicted molar refractivity (Wildman–Crippen MR) is 78.9 cm³/mol. The summed E-state index contributed by atoms with van der Waals surface area (Å²) < 4.78 is 11.9. The van der Waals surface area contributed by atoms with Crippen molar-refractivity contribution in [3.8, 4) is 0 Å². The van der Waals surface area contributed by atoms with Crippen LogP contribution < -0.4 is 0 Å². The van der Waals surface area contributed by atoms with E-state index in [1.807, 2.05) is 12.1 Å². The SMILES string of the molecule is OC1c2ccccc2C2(CCCC3(C2)OCCO3)C1Br.